The zero-order chi connectivity index (χ0) is 15.3. The average Bonchev–Trinajstić information content (AvgIpc) is 3.07. The van der Waals surface area contributed by atoms with Crippen molar-refractivity contribution in [1.82, 2.24) is 0 Å². The van der Waals surface area contributed by atoms with Crippen molar-refractivity contribution in [2.75, 3.05) is 30.3 Å². The molecule has 1 aromatic rings. The van der Waals surface area contributed by atoms with Gasteiger partial charge in [0.25, 0.3) is 5.69 Å². The van der Waals surface area contributed by atoms with Gasteiger partial charge in [0.1, 0.15) is 5.69 Å². The van der Waals surface area contributed by atoms with Gasteiger partial charge < -0.3 is 15.4 Å². The Hall–Kier alpha value is -1.82. The highest BCUT2D eigenvalue weighted by molar-refractivity contribution is 5.69. The van der Waals surface area contributed by atoms with Gasteiger partial charge in [-0.25, -0.2) is 0 Å². The number of fused-ring (bicyclic) bond motifs is 3. The third-order valence-electron chi connectivity index (χ3n) is 5.67. The topological polar surface area (TPSA) is 81.6 Å². The van der Waals surface area contributed by atoms with Crippen molar-refractivity contribution in [2.45, 2.75) is 31.3 Å². The number of nitro groups is 1. The van der Waals surface area contributed by atoms with E-state index in [-0.39, 0.29) is 16.2 Å². The molecule has 0 unspecified atom stereocenters. The minimum absolute atomic E-state index is 0.0976. The molecule has 3 aliphatic rings. The Morgan fingerprint density at radius 1 is 1.41 bits per heavy atom. The SMILES string of the molecule is Nc1ccc([N+](=O)[O-])c(N2CCO[C@@]3(C[C@H]4CC[C@H]3C4)C2)c1. The second-order valence-electron chi connectivity index (χ2n) is 6.92. The van der Waals surface area contributed by atoms with Gasteiger partial charge in [-0.3, -0.25) is 10.1 Å². The molecule has 2 bridgehead atoms. The molecule has 4 rings (SSSR count). The fraction of sp³-hybridized carbons (Fsp3) is 0.625. The molecule has 118 valence electrons. The highest BCUT2D eigenvalue weighted by Gasteiger charge is 2.54. The number of rotatable bonds is 2. The van der Waals surface area contributed by atoms with Crippen LogP contribution in [0.2, 0.25) is 0 Å². The van der Waals surface area contributed by atoms with E-state index < -0.39 is 0 Å². The summed E-state index contributed by atoms with van der Waals surface area (Å²) < 4.78 is 6.20. The number of nitrogens with zero attached hydrogens (tertiary/aromatic N) is 2. The lowest BCUT2D eigenvalue weighted by atomic mass is 9.82. The minimum Gasteiger partial charge on any atom is -0.399 e. The maximum absolute atomic E-state index is 11.3. The first-order valence-electron chi connectivity index (χ1n) is 8.00. The molecule has 2 saturated carbocycles. The molecule has 1 saturated heterocycles. The van der Waals surface area contributed by atoms with Crippen molar-refractivity contribution < 1.29 is 9.66 Å². The molecular formula is C16H21N3O3. The number of nitrogens with two attached hydrogens (primary N) is 1. The molecule has 0 aromatic heterocycles. The molecular weight excluding hydrogens is 282 g/mol. The summed E-state index contributed by atoms with van der Waals surface area (Å²) in [6.07, 6.45) is 4.91. The summed E-state index contributed by atoms with van der Waals surface area (Å²) in [6, 6.07) is 4.83. The summed E-state index contributed by atoms with van der Waals surface area (Å²) >= 11 is 0. The fourth-order valence-corrected chi connectivity index (χ4v) is 4.72. The Bertz CT molecular complexity index is 621. The molecule has 1 aromatic carbocycles. The number of morpholine rings is 1. The molecule has 1 heterocycles. The predicted octanol–water partition coefficient (Wildman–Crippen LogP) is 2.57. The van der Waals surface area contributed by atoms with E-state index in [0.717, 1.165) is 18.9 Å². The second-order valence-corrected chi connectivity index (χ2v) is 6.92. The minimum atomic E-state index is -0.322. The molecule has 22 heavy (non-hydrogen) atoms. The van der Waals surface area contributed by atoms with Crippen LogP contribution >= 0.6 is 0 Å². The van der Waals surface area contributed by atoms with Gasteiger partial charge in [0, 0.05) is 24.8 Å². The number of benzene rings is 1. The van der Waals surface area contributed by atoms with Crippen LogP contribution in [0.4, 0.5) is 17.1 Å². The Balaban J connectivity index is 1.66. The molecule has 3 fully saturated rings. The predicted molar refractivity (Wildman–Crippen MR) is 83.9 cm³/mol. The van der Waals surface area contributed by atoms with Crippen LogP contribution in [0.5, 0.6) is 0 Å². The van der Waals surface area contributed by atoms with Crippen LogP contribution in [0.3, 0.4) is 0 Å². The van der Waals surface area contributed by atoms with Gasteiger partial charge >= 0.3 is 0 Å². The number of ether oxygens (including phenoxy) is 1. The third-order valence-corrected chi connectivity index (χ3v) is 5.67. The quantitative estimate of drug-likeness (QED) is 0.516. The van der Waals surface area contributed by atoms with E-state index in [4.69, 9.17) is 10.5 Å². The van der Waals surface area contributed by atoms with E-state index in [0.29, 0.717) is 30.4 Å². The lowest BCUT2D eigenvalue weighted by molar-refractivity contribution is -0.384. The first kappa shape index (κ1) is 13.8. The number of nitro benzene ring substituents is 1. The molecule has 0 radical (unpaired) electrons. The van der Waals surface area contributed by atoms with Crippen LogP contribution in [0.25, 0.3) is 0 Å². The van der Waals surface area contributed by atoms with Crippen LogP contribution in [0, 0.1) is 22.0 Å². The first-order valence-corrected chi connectivity index (χ1v) is 8.00. The van der Waals surface area contributed by atoms with E-state index in [9.17, 15) is 10.1 Å². The van der Waals surface area contributed by atoms with Gasteiger partial charge in [0.15, 0.2) is 0 Å². The summed E-state index contributed by atoms with van der Waals surface area (Å²) in [6.45, 7) is 2.07. The van der Waals surface area contributed by atoms with Crippen LogP contribution in [0.15, 0.2) is 18.2 Å². The van der Waals surface area contributed by atoms with Crippen LogP contribution in [-0.4, -0.2) is 30.2 Å². The first-order chi connectivity index (χ1) is 10.6. The number of hydrogen-bond acceptors (Lipinski definition) is 5. The average molecular weight is 303 g/mol. The van der Waals surface area contributed by atoms with Gasteiger partial charge in [-0.2, -0.15) is 0 Å². The Morgan fingerprint density at radius 3 is 2.95 bits per heavy atom. The smallest absolute Gasteiger partial charge is 0.292 e. The summed E-state index contributed by atoms with van der Waals surface area (Å²) in [4.78, 5) is 13.1. The number of hydrogen-bond donors (Lipinski definition) is 1. The molecule has 6 nitrogen and oxygen atoms in total. The molecule has 0 amide bonds. The second kappa shape index (κ2) is 4.84. The molecule has 1 aliphatic heterocycles. The van der Waals surface area contributed by atoms with E-state index in [1.54, 1.807) is 12.1 Å². The summed E-state index contributed by atoms with van der Waals surface area (Å²) in [5.41, 5.74) is 7.09. The summed E-state index contributed by atoms with van der Waals surface area (Å²) in [5, 5.41) is 11.3. The van der Waals surface area contributed by atoms with Crippen molar-refractivity contribution >= 4 is 17.1 Å². The van der Waals surface area contributed by atoms with E-state index in [2.05, 4.69) is 4.90 Å². The van der Waals surface area contributed by atoms with Crippen LogP contribution in [0.1, 0.15) is 25.7 Å². The van der Waals surface area contributed by atoms with Gasteiger partial charge in [-0.1, -0.05) is 0 Å². The third kappa shape index (κ3) is 2.05. The van der Waals surface area contributed by atoms with Gasteiger partial charge in [0.05, 0.1) is 17.1 Å². The molecule has 1 spiro atoms. The van der Waals surface area contributed by atoms with Crippen molar-refractivity contribution in [3.8, 4) is 0 Å². The Labute approximate surface area is 129 Å². The molecule has 2 aliphatic carbocycles. The van der Waals surface area contributed by atoms with Gasteiger partial charge in [-0.05, 0) is 49.7 Å². The molecule has 3 atom stereocenters. The largest absolute Gasteiger partial charge is 0.399 e. The summed E-state index contributed by atoms with van der Waals surface area (Å²) in [5.74, 6) is 1.39. The molecule has 2 N–H and O–H groups in total. The normalized spacial score (nSPS) is 33.5. The summed E-state index contributed by atoms with van der Waals surface area (Å²) in [7, 11) is 0. The van der Waals surface area contributed by atoms with E-state index in [1.165, 1.54) is 25.3 Å². The standard InChI is InChI=1S/C16H21N3O3/c17-13-3-4-14(19(20)21)15(8-13)18-5-6-22-16(10-18)9-11-1-2-12(16)7-11/h3-4,8,11-12H,1-2,5-7,9-10,17H2/t11-,12-,16-/m0/s1. The van der Waals surface area contributed by atoms with Crippen LogP contribution < -0.4 is 10.6 Å². The zero-order valence-corrected chi connectivity index (χ0v) is 12.5. The zero-order valence-electron chi connectivity index (χ0n) is 12.5. The van der Waals surface area contributed by atoms with Gasteiger partial charge in [-0.15, -0.1) is 0 Å². The van der Waals surface area contributed by atoms with Crippen molar-refractivity contribution in [3.63, 3.8) is 0 Å². The molecule has 6 heteroatoms. The highest BCUT2D eigenvalue weighted by atomic mass is 16.6. The Morgan fingerprint density at radius 2 is 2.27 bits per heavy atom. The van der Waals surface area contributed by atoms with E-state index >= 15 is 0 Å². The lowest BCUT2D eigenvalue weighted by Gasteiger charge is -2.46. The van der Waals surface area contributed by atoms with Crippen molar-refractivity contribution in [3.05, 3.63) is 28.3 Å². The van der Waals surface area contributed by atoms with Crippen molar-refractivity contribution in [1.29, 1.82) is 0 Å². The number of nitrogen functional groups attached to an aromatic ring is 1. The van der Waals surface area contributed by atoms with Crippen LogP contribution in [-0.2, 0) is 4.74 Å². The maximum Gasteiger partial charge on any atom is 0.292 e. The van der Waals surface area contributed by atoms with Crippen molar-refractivity contribution in [2.24, 2.45) is 11.8 Å². The Kier molecular flexibility index (Phi) is 3.04. The lowest BCUT2D eigenvalue weighted by Crippen LogP contribution is -2.54. The highest BCUT2D eigenvalue weighted by Crippen LogP contribution is 2.54. The van der Waals surface area contributed by atoms with E-state index in [1.807, 2.05) is 0 Å². The monoisotopic (exact) mass is 303 g/mol. The maximum atomic E-state index is 11.3. The number of anilines is 2. The van der Waals surface area contributed by atoms with Gasteiger partial charge in [0.2, 0.25) is 0 Å². The fourth-order valence-electron chi connectivity index (χ4n) is 4.72.